The minimum Gasteiger partial charge on any atom is -0.353 e. The van der Waals surface area contributed by atoms with Gasteiger partial charge in [-0.15, -0.1) is 0 Å². The zero-order chi connectivity index (χ0) is 10.4. The molecule has 1 atom stereocenters. The van der Waals surface area contributed by atoms with E-state index in [1.807, 2.05) is 18.2 Å². The first-order valence-electron chi connectivity index (χ1n) is 5.04. The fourth-order valence-electron chi connectivity index (χ4n) is 2.13. The molecule has 2 aromatic rings. The quantitative estimate of drug-likeness (QED) is 0.674. The average Bonchev–Trinajstić information content (AvgIpc) is 2.54. The van der Waals surface area contributed by atoms with Crippen molar-refractivity contribution in [3.05, 3.63) is 40.7 Å². The van der Waals surface area contributed by atoms with E-state index in [4.69, 9.17) is 11.6 Å². The van der Waals surface area contributed by atoms with E-state index in [-0.39, 0.29) is 0 Å². The first-order chi connectivity index (χ1) is 7.24. The highest BCUT2D eigenvalue weighted by Crippen LogP contribution is 2.27. The lowest BCUT2D eigenvalue weighted by Crippen LogP contribution is -3.03. The highest BCUT2D eigenvalue weighted by molar-refractivity contribution is 6.31. The van der Waals surface area contributed by atoms with E-state index < -0.39 is 0 Å². The number of nitrogens with one attached hydrogen (secondary N) is 2. The van der Waals surface area contributed by atoms with E-state index in [1.54, 1.807) is 0 Å². The summed E-state index contributed by atoms with van der Waals surface area (Å²) in [5, 5.41) is 2.02. The Morgan fingerprint density at radius 3 is 3.13 bits per heavy atom. The molecule has 0 bridgehead atoms. The second kappa shape index (κ2) is 3.12. The largest absolute Gasteiger partial charge is 0.353 e. The van der Waals surface area contributed by atoms with Crippen LogP contribution in [0.25, 0.3) is 17.0 Å². The number of fused-ring (bicyclic) bond motifs is 3. The van der Waals surface area contributed by atoms with Crippen molar-refractivity contribution >= 4 is 28.6 Å². The molecule has 0 radical (unpaired) electrons. The molecule has 1 aromatic heterocycles. The Kier molecular flexibility index (Phi) is 1.87. The number of halogens is 1. The Morgan fingerprint density at radius 1 is 1.40 bits per heavy atom. The third-order valence-electron chi connectivity index (χ3n) is 2.87. The van der Waals surface area contributed by atoms with Crippen LogP contribution in [-0.2, 0) is 6.54 Å². The van der Waals surface area contributed by atoms with E-state index in [9.17, 15) is 0 Å². The van der Waals surface area contributed by atoms with Crippen LogP contribution in [0.15, 0.2) is 24.4 Å². The topological polar surface area (TPSA) is 20.2 Å². The number of rotatable bonds is 0. The first kappa shape index (κ1) is 9.01. The number of H-pyrrole nitrogens is 1. The molecule has 0 amide bonds. The summed E-state index contributed by atoms with van der Waals surface area (Å²) in [5.74, 6) is 0. The van der Waals surface area contributed by atoms with E-state index in [1.165, 1.54) is 27.1 Å². The van der Waals surface area contributed by atoms with Crippen molar-refractivity contribution in [2.24, 2.45) is 0 Å². The van der Waals surface area contributed by atoms with Crippen molar-refractivity contribution in [3.63, 3.8) is 0 Å². The molecule has 1 aliphatic rings. The van der Waals surface area contributed by atoms with Crippen LogP contribution in [0, 0.1) is 0 Å². The van der Waals surface area contributed by atoms with Crippen LogP contribution in [0.1, 0.15) is 11.3 Å². The Hall–Kier alpha value is -1.25. The molecule has 1 unspecified atom stereocenters. The summed E-state index contributed by atoms with van der Waals surface area (Å²) < 4.78 is 0. The molecule has 3 rings (SSSR count). The molecule has 1 aliphatic heterocycles. The van der Waals surface area contributed by atoms with Gasteiger partial charge in [0.05, 0.1) is 18.9 Å². The van der Waals surface area contributed by atoms with E-state index in [0.717, 1.165) is 11.6 Å². The monoisotopic (exact) mass is 219 g/mol. The fraction of sp³-hybridized carbons (Fsp3) is 0.167. The average molecular weight is 220 g/mol. The van der Waals surface area contributed by atoms with Crippen molar-refractivity contribution in [2.75, 3.05) is 7.05 Å². The lowest BCUT2D eigenvalue weighted by molar-refractivity contribution is -0.839. The zero-order valence-corrected chi connectivity index (χ0v) is 9.23. The minimum atomic E-state index is 0.795. The summed E-state index contributed by atoms with van der Waals surface area (Å²) in [7, 11) is 2.15. The van der Waals surface area contributed by atoms with Gasteiger partial charge in [-0.25, -0.2) is 0 Å². The van der Waals surface area contributed by atoms with E-state index >= 15 is 0 Å². The lowest BCUT2D eigenvalue weighted by atomic mass is 10.1. The van der Waals surface area contributed by atoms with Crippen molar-refractivity contribution in [1.29, 1.82) is 0 Å². The van der Waals surface area contributed by atoms with Crippen LogP contribution in [0.4, 0.5) is 0 Å². The third kappa shape index (κ3) is 1.37. The van der Waals surface area contributed by atoms with Crippen LogP contribution in [-0.4, -0.2) is 12.0 Å². The molecule has 0 saturated heterocycles. The van der Waals surface area contributed by atoms with Crippen LogP contribution in [0.5, 0.6) is 0 Å². The highest BCUT2D eigenvalue weighted by atomic mass is 35.5. The number of aromatic nitrogens is 1. The van der Waals surface area contributed by atoms with Gasteiger partial charge in [-0.2, -0.15) is 0 Å². The first-order valence-corrected chi connectivity index (χ1v) is 5.42. The molecular weight excluding hydrogens is 208 g/mol. The van der Waals surface area contributed by atoms with Crippen LogP contribution < -0.4 is 4.90 Å². The normalized spacial score (nSPS) is 19.5. The van der Waals surface area contributed by atoms with Gasteiger partial charge in [0.25, 0.3) is 0 Å². The van der Waals surface area contributed by atoms with Gasteiger partial charge in [0.15, 0.2) is 0 Å². The molecule has 2 nitrogen and oxygen atoms in total. The maximum Gasteiger partial charge on any atom is 0.122 e. The molecule has 0 fully saturated rings. The van der Waals surface area contributed by atoms with Gasteiger partial charge >= 0.3 is 0 Å². The van der Waals surface area contributed by atoms with Gasteiger partial charge in [-0.05, 0) is 18.2 Å². The van der Waals surface area contributed by atoms with E-state index in [2.05, 4.69) is 24.3 Å². The van der Waals surface area contributed by atoms with Gasteiger partial charge in [0.2, 0.25) is 0 Å². The maximum atomic E-state index is 6.00. The van der Waals surface area contributed by atoms with Crippen LogP contribution in [0.2, 0.25) is 5.02 Å². The second-order valence-electron chi connectivity index (χ2n) is 4.06. The summed E-state index contributed by atoms with van der Waals surface area (Å²) in [4.78, 5) is 4.83. The number of hydrogen-bond donors (Lipinski definition) is 2. The van der Waals surface area contributed by atoms with Gasteiger partial charge in [0.1, 0.15) is 6.54 Å². The number of aromatic amines is 1. The highest BCUT2D eigenvalue weighted by Gasteiger charge is 2.16. The summed E-state index contributed by atoms with van der Waals surface area (Å²) in [6.45, 7) is 1.01. The van der Waals surface area contributed by atoms with Crippen molar-refractivity contribution < 1.29 is 4.90 Å². The fourth-order valence-corrected chi connectivity index (χ4v) is 2.31. The number of benzene rings is 1. The Bertz CT molecular complexity index is 554. The van der Waals surface area contributed by atoms with Crippen molar-refractivity contribution in [1.82, 2.24) is 4.98 Å². The van der Waals surface area contributed by atoms with Gasteiger partial charge in [0, 0.05) is 27.6 Å². The minimum absolute atomic E-state index is 0.795. The maximum absolute atomic E-state index is 6.00. The molecule has 1 aromatic carbocycles. The SMILES string of the molecule is C[NH+]1C=Cc2c([nH]c3ccc(Cl)cc23)C1. The van der Waals surface area contributed by atoms with Gasteiger partial charge < -0.3 is 9.88 Å². The standard InChI is InChI=1S/C12H11ClN2/c1-15-5-4-9-10-6-8(13)2-3-11(10)14-12(9)7-15/h2-6,14H,7H2,1H3/p+1. The smallest absolute Gasteiger partial charge is 0.122 e. The van der Waals surface area contributed by atoms with Crippen molar-refractivity contribution in [3.8, 4) is 0 Å². The lowest BCUT2D eigenvalue weighted by Gasteiger charge is -2.12. The second-order valence-corrected chi connectivity index (χ2v) is 4.50. The molecule has 2 N–H and O–H groups in total. The summed E-state index contributed by atoms with van der Waals surface area (Å²) in [5.41, 5.74) is 3.76. The zero-order valence-electron chi connectivity index (χ0n) is 8.47. The molecule has 0 aliphatic carbocycles. The molecule has 0 spiro atoms. The number of quaternary nitrogens is 1. The van der Waals surface area contributed by atoms with Crippen LogP contribution >= 0.6 is 11.6 Å². The predicted octanol–water partition coefficient (Wildman–Crippen LogP) is 1.82. The van der Waals surface area contributed by atoms with Gasteiger partial charge in [-0.3, -0.25) is 0 Å². The molecule has 2 heterocycles. The molecular formula is C12H12ClN2+. The molecule has 76 valence electrons. The summed E-state index contributed by atoms with van der Waals surface area (Å²) in [6, 6.07) is 5.99. The Labute approximate surface area is 93.1 Å². The Balaban J connectivity index is 2.31. The van der Waals surface area contributed by atoms with Crippen LogP contribution in [0.3, 0.4) is 0 Å². The number of hydrogen-bond acceptors (Lipinski definition) is 0. The summed E-state index contributed by atoms with van der Waals surface area (Å²) in [6.07, 6.45) is 4.35. The summed E-state index contributed by atoms with van der Waals surface area (Å²) >= 11 is 6.00. The molecule has 15 heavy (non-hydrogen) atoms. The third-order valence-corrected chi connectivity index (χ3v) is 3.11. The molecule has 3 heteroatoms. The predicted molar refractivity (Wildman–Crippen MR) is 62.9 cm³/mol. The molecule has 0 saturated carbocycles. The Morgan fingerprint density at radius 2 is 2.27 bits per heavy atom. The van der Waals surface area contributed by atoms with Gasteiger partial charge in [-0.1, -0.05) is 11.6 Å². The van der Waals surface area contributed by atoms with E-state index in [0.29, 0.717) is 0 Å². The van der Waals surface area contributed by atoms with Crippen molar-refractivity contribution in [2.45, 2.75) is 6.54 Å².